The van der Waals surface area contributed by atoms with Gasteiger partial charge in [-0.1, -0.05) is 19.9 Å². The van der Waals surface area contributed by atoms with E-state index in [-0.39, 0.29) is 5.56 Å². The van der Waals surface area contributed by atoms with E-state index >= 15 is 0 Å². The van der Waals surface area contributed by atoms with Gasteiger partial charge in [-0.15, -0.1) is 0 Å². The molecule has 0 spiro atoms. The molecule has 0 unspecified atom stereocenters. The topological polar surface area (TPSA) is 66.0 Å². The fourth-order valence-corrected chi connectivity index (χ4v) is 5.80. The van der Waals surface area contributed by atoms with Crippen molar-refractivity contribution in [3.05, 3.63) is 58.1 Å². The Balaban J connectivity index is 1.41. The normalized spacial score (nSPS) is 18.5. The minimum Gasteiger partial charge on any atom is -0.378 e. The van der Waals surface area contributed by atoms with Crippen LogP contribution in [0.25, 0.3) is 33.1 Å². The molecular formula is C27H32N4O2. The summed E-state index contributed by atoms with van der Waals surface area (Å²) in [7, 11) is 1.82. The summed E-state index contributed by atoms with van der Waals surface area (Å²) in [5, 5.41) is 2.28. The number of pyridine rings is 1. The molecule has 3 aromatic heterocycles. The third-order valence-electron chi connectivity index (χ3n) is 7.74. The van der Waals surface area contributed by atoms with Crippen LogP contribution in [0.3, 0.4) is 0 Å². The number of fused-ring (bicyclic) bond motifs is 2. The highest BCUT2D eigenvalue weighted by atomic mass is 16.5. The van der Waals surface area contributed by atoms with E-state index in [2.05, 4.69) is 46.9 Å². The Morgan fingerprint density at radius 3 is 2.58 bits per heavy atom. The highest BCUT2D eigenvalue weighted by Crippen LogP contribution is 2.40. The Hall–Kier alpha value is -2.83. The predicted octanol–water partition coefficient (Wildman–Crippen LogP) is 4.72. The molecule has 33 heavy (non-hydrogen) atoms. The molecule has 6 nitrogen and oxygen atoms in total. The number of H-pyrrole nitrogens is 2. The summed E-state index contributed by atoms with van der Waals surface area (Å²) >= 11 is 0. The first kappa shape index (κ1) is 20.8. The van der Waals surface area contributed by atoms with Gasteiger partial charge in [0.25, 0.3) is 5.56 Å². The summed E-state index contributed by atoms with van der Waals surface area (Å²) in [6.07, 6.45) is 6.24. The quantitative estimate of drug-likeness (QED) is 0.479. The second-order valence-corrected chi connectivity index (χ2v) is 10.1. The first-order chi connectivity index (χ1) is 16.0. The maximum absolute atomic E-state index is 12.6. The van der Waals surface area contributed by atoms with Crippen LogP contribution in [0.15, 0.2) is 41.5 Å². The molecule has 1 aromatic carbocycles. The molecule has 2 aliphatic heterocycles. The van der Waals surface area contributed by atoms with Crippen molar-refractivity contribution in [1.82, 2.24) is 19.4 Å². The highest BCUT2D eigenvalue weighted by Gasteiger charge is 2.30. The molecule has 0 atom stereocenters. The molecule has 2 aliphatic rings. The number of rotatable bonds is 4. The molecule has 2 fully saturated rings. The van der Waals surface area contributed by atoms with Crippen LogP contribution in [0, 0.1) is 0 Å². The van der Waals surface area contributed by atoms with E-state index in [0.717, 1.165) is 42.9 Å². The second kappa shape index (κ2) is 7.89. The lowest BCUT2D eigenvalue weighted by Gasteiger charge is -2.41. The number of aromatic nitrogens is 3. The van der Waals surface area contributed by atoms with Crippen LogP contribution >= 0.6 is 0 Å². The zero-order valence-corrected chi connectivity index (χ0v) is 19.6. The second-order valence-electron chi connectivity index (χ2n) is 10.1. The minimum atomic E-state index is 0.00282. The molecule has 6 heteroatoms. The summed E-state index contributed by atoms with van der Waals surface area (Å²) < 4.78 is 7.07. The number of benzene rings is 1. The Morgan fingerprint density at radius 2 is 1.88 bits per heavy atom. The monoisotopic (exact) mass is 444 g/mol. The number of ether oxygens (including phenoxy) is 1. The fraction of sp³-hybridized carbons (Fsp3) is 0.444. The average Bonchev–Trinajstić information content (AvgIpc) is 3.40. The summed E-state index contributed by atoms with van der Waals surface area (Å²) in [4.78, 5) is 22.0. The molecule has 0 amide bonds. The van der Waals surface area contributed by atoms with Gasteiger partial charge in [0, 0.05) is 41.3 Å². The fourth-order valence-electron chi connectivity index (χ4n) is 5.80. The zero-order valence-electron chi connectivity index (χ0n) is 19.6. The Kier molecular flexibility index (Phi) is 4.96. The van der Waals surface area contributed by atoms with Crippen molar-refractivity contribution in [3.8, 4) is 11.3 Å². The minimum absolute atomic E-state index is 0.00282. The van der Waals surface area contributed by atoms with Gasteiger partial charge < -0.3 is 19.3 Å². The van der Waals surface area contributed by atoms with Gasteiger partial charge in [0.2, 0.25) is 0 Å². The summed E-state index contributed by atoms with van der Waals surface area (Å²) in [5.74, 6) is 0.967. The molecule has 172 valence electrons. The van der Waals surface area contributed by atoms with Gasteiger partial charge in [-0.3, -0.25) is 9.69 Å². The number of aromatic amines is 2. The Morgan fingerprint density at radius 1 is 1.09 bits per heavy atom. The largest absolute Gasteiger partial charge is 0.378 e. The number of nitrogens with one attached hydrogen (secondary N) is 2. The molecule has 0 saturated carbocycles. The van der Waals surface area contributed by atoms with Crippen LogP contribution in [0.2, 0.25) is 0 Å². The zero-order chi connectivity index (χ0) is 22.7. The number of hydrogen-bond donors (Lipinski definition) is 2. The van der Waals surface area contributed by atoms with E-state index in [1.807, 2.05) is 25.5 Å². The van der Waals surface area contributed by atoms with Gasteiger partial charge in [-0.25, -0.2) is 0 Å². The van der Waals surface area contributed by atoms with E-state index in [0.29, 0.717) is 23.4 Å². The number of aryl methyl sites for hydroxylation is 1. The Labute approximate surface area is 193 Å². The highest BCUT2D eigenvalue weighted by molar-refractivity contribution is 5.99. The standard InChI is InChI=1S/C27H32N4O2/c1-16(2)24-21-12-18(17-7-10-31(11-8-17)19-14-33-15-19)4-5-23(21)29-25(24)22-13-30(3)27(32)26-20(22)6-9-28-26/h4-6,9,12-13,16-17,19,28-29H,7-8,10-11,14-15H2,1-3H3. The first-order valence-electron chi connectivity index (χ1n) is 12.2. The lowest BCUT2D eigenvalue weighted by Crippen LogP contribution is -2.51. The van der Waals surface area contributed by atoms with Gasteiger partial charge >= 0.3 is 0 Å². The molecule has 0 radical (unpaired) electrons. The van der Waals surface area contributed by atoms with Crippen LogP contribution in [0.1, 0.15) is 49.7 Å². The average molecular weight is 445 g/mol. The van der Waals surface area contributed by atoms with Gasteiger partial charge in [0.1, 0.15) is 5.52 Å². The molecular weight excluding hydrogens is 412 g/mol. The van der Waals surface area contributed by atoms with Crippen LogP contribution < -0.4 is 5.56 Å². The van der Waals surface area contributed by atoms with Crippen molar-refractivity contribution in [2.24, 2.45) is 7.05 Å². The van der Waals surface area contributed by atoms with Crippen molar-refractivity contribution >= 4 is 21.8 Å². The van der Waals surface area contributed by atoms with E-state index in [1.54, 1.807) is 4.57 Å². The molecule has 0 aliphatic carbocycles. The summed E-state index contributed by atoms with van der Waals surface area (Å²) in [6.45, 7) is 8.65. The van der Waals surface area contributed by atoms with Crippen molar-refractivity contribution in [3.63, 3.8) is 0 Å². The lowest BCUT2D eigenvalue weighted by atomic mass is 9.87. The summed E-state index contributed by atoms with van der Waals surface area (Å²) in [6, 6.07) is 9.64. The number of hydrogen-bond acceptors (Lipinski definition) is 3. The molecule has 0 bridgehead atoms. The molecule has 2 N–H and O–H groups in total. The van der Waals surface area contributed by atoms with Crippen molar-refractivity contribution < 1.29 is 4.74 Å². The van der Waals surface area contributed by atoms with Gasteiger partial charge in [-0.2, -0.15) is 0 Å². The first-order valence-corrected chi connectivity index (χ1v) is 12.2. The van der Waals surface area contributed by atoms with Crippen LogP contribution in [-0.4, -0.2) is 51.8 Å². The van der Waals surface area contributed by atoms with Gasteiger partial charge in [0.15, 0.2) is 0 Å². The Bertz CT molecular complexity index is 1380. The lowest BCUT2D eigenvalue weighted by molar-refractivity contribution is -0.0712. The number of likely N-dealkylation sites (tertiary alicyclic amines) is 1. The predicted molar refractivity (Wildman–Crippen MR) is 133 cm³/mol. The van der Waals surface area contributed by atoms with Gasteiger partial charge in [-0.05, 0) is 67.1 Å². The van der Waals surface area contributed by atoms with E-state index < -0.39 is 0 Å². The third kappa shape index (κ3) is 3.35. The van der Waals surface area contributed by atoms with Crippen molar-refractivity contribution in [1.29, 1.82) is 0 Å². The maximum Gasteiger partial charge on any atom is 0.274 e. The molecule has 2 saturated heterocycles. The molecule has 4 aromatic rings. The van der Waals surface area contributed by atoms with Crippen molar-refractivity contribution in [2.45, 2.75) is 44.6 Å². The van der Waals surface area contributed by atoms with E-state index in [1.165, 1.54) is 34.9 Å². The smallest absolute Gasteiger partial charge is 0.274 e. The van der Waals surface area contributed by atoms with Crippen LogP contribution in [-0.2, 0) is 11.8 Å². The maximum atomic E-state index is 12.6. The van der Waals surface area contributed by atoms with Crippen LogP contribution in [0.5, 0.6) is 0 Å². The van der Waals surface area contributed by atoms with Crippen LogP contribution in [0.4, 0.5) is 0 Å². The van der Waals surface area contributed by atoms with Gasteiger partial charge in [0.05, 0.1) is 24.9 Å². The number of nitrogens with zero attached hydrogens (tertiary/aromatic N) is 2. The molecule has 6 rings (SSSR count). The van der Waals surface area contributed by atoms with Crippen molar-refractivity contribution in [2.75, 3.05) is 26.3 Å². The van der Waals surface area contributed by atoms with E-state index in [4.69, 9.17) is 4.74 Å². The molecule has 5 heterocycles. The van der Waals surface area contributed by atoms with E-state index in [9.17, 15) is 4.79 Å². The number of piperidine rings is 1. The summed E-state index contributed by atoms with van der Waals surface area (Å²) in [5.41, 5.74) is 6.81. The third-order valence-corrected chi connectivity index (χ3v) is 7.74. The SMILES string of the molecule is CC(C)c1c(-c2cn(C)c(=O)c3[nH]ccc23)[nH]c2ccc(C3CCN(C4COC4)CC3)cc12.